The van der Waals surface area contributed by atoms with Gasteiger partial charge in [0.2, 0.25) is 0 Å². The standard InChI is InChI=1S/C9H7N3O5S3/c10-6(13)4-1-2-18-7(4)12-20(16,17)9-5(8(14)15)11-3-19-9/h1-3,12H,(H2,10,13)(H,14,15). The number of thiazole rings is 1. The number of amides is 1. The van der Waals surface area contributed by atoms with Gasteiger partial charge in [0.05, 0.1) is 11.1 Å². The predicted octanol–water partition coefficient (Wildman–Crippen LogP) is 0.802. The number of nitrogens with zero attached hydrogens (tertiary/aromatic N) is 1. The van der Waals surface area contributed by atoms with Crippen molar-refractivity contribution in [2.24, 2.45) is 5.73 Å². The molecule has 2 aromatic rings. The van der Waals surface area contributed by atoms with Crippen molar-refractivity contribution in [3.63, 3.8) is 0 Å². The highest BCUT2D eigenvalue weighted by atomic mass is 32.2. The molecule has 0 radical (unpaired) electrons. The monoisotopic (exact) mass is 333 g/mol. The van der Waals surface area contributed by atoms with Crippen LogP contribution in [0.2, 0.25) is 0 Å². The maximum absolute atomic E-state index is 12.1. The zero-order valence-electron chi connectivity index (χ0n) is 9.56. The molecule has 2 rings (SSSR count). The summed E-state index contributed by atoms with van der Waals surface area (Å²) in [5.41, 5.74) is 5.66. The molecule has 0 saturated carbocycles. The van der Waals surface area contributed by atoms with Crippen molar-refractivity contribution in [3.05, 3.63) is 28.2 Å². The lowest BCUT2D eigenvalue weighted by molar-refractivity contribution is 0.0687. The molecule has 0 atom stereocenters. The minimum Gasteiger partial charge on any atom is -0.476 e. The normalized spacial score (nSPS) is 11.2. The van der Waals surface area contributed by atoms with Crippen molar-refractivity contribution >= 4 is 49.6 Å². The Kier molecular flexibility index (Phi) is 3.74. The third kappa shape index (κ3) is 2.64. The summed E-state index contributed by atoms with van der Waals surface area (Å²) in [5.74, 6) is -2.24. The van der Waals surface area contributed by atoms with E-state index in [0.29, 0.717) is 11.3 Å². The Labute approximate surface area is 120 Å². The quantitative estimate of drug-likeness (QED) is 0.739. The minimum atomic E-state index is -4.14. The summed E-state index contributed by atoms with van der Waals surface area (Å²) < 4.78 is 25.9. The molecular formula is C9H7N3O5S3. The van der Waals surface area contributed by atoms with Crippen LogP contribution in [-0.2, 0) is 10.0 Å². The molecule has 0 spiro atoms. The van der Waals surface area contributed by atoms with Gasteiger partial charge >= 0.3 is 5.97 Å². The number of carboxylic acid groups (broad SMARTS) is 1. The van der Waals surface area contributed by atoms with Crippen LogP contribution in [0.5, 0.6) is 0 Å². The lowest BCUT2D eigenvalue weighted by Gasteiger charge is -2.05. The molecule has 106 valence electrons. The zero-order valence-corrected chi connectivity index (χ0v) is 12.0. The Hall–Kier alpha value is -1.98. The van der Waals surface area contributed by atoms with Crippen LogP contribution in [0.25, 0.3) is 0 Å². The molecule has 0 aliphatic rings. The van der Waals surface area contributed by atoms with Crippen molar-refractivity contribution in [3.8, 4) is 0 Å². The van der Waals surface area contributed by atoms with Gasteiger partial charge in [-0.3, -0.25) is 9.52 Å². The fourth-order valence-corrected chi connectivity index (χ4v) is 4.58. The number of carboxylic acids is 1. The molecule has 0 aromatic carbocycles. The zero-order chi connectivity index (χ0) is 14.9. The average Bonchev–Trinajstić information content (AvgIpc) is 2.94. The topological polar surface area (TPSA) is 139 Å². The highest BCUT2D eigenvalue weighted by molar-refractivity contribution is 7.95. The molecule has 2 aromatic heterocycles. The van der Waals surface area contributed by atoms with E-state index >= 15 is 0 Å². The molecule has 8 nitrogen and oxygen atoms in total. The molecular weight excluding hydrogens is 326 g/mol. The molecule has 0 aliphatic heterocycles. The number of aromatic nitrogens is 1. The van der Waals surface area contributed by atoms with E-state index in [-0.39, 0.29) is 10.6 Å². The van der Waals surface area contributed by atoms with E-state index in [0.717, 1.165) is 16.8 Å². The van der Waals surface area contributed by atoms with Gasteiger partial charge in [0.25, 0.3) is 15.9 Å². The average molecular weight is 333 g/mol. The van der Waals surface area contributed by atoms with E-state index in [1.807, 2.05) is 0 Å². The van der Waals surface area contributed by atoms with Crippen molar-refractivity contribution in [1.29, 1.82) is 0 Å². The third-order valence-electron chi connectivity index (χ3n) is 2.14. The summed E-state index contributed by atoms with van der Waals surface area (Å²) in [6.45, 7) is 0. The molecule has 20 heavy (non-hydrogen) atoms. The lowest BCUT2D eigenvalue weighted by Crippen LogP contribution is -2.18. The number of hydrogen-bond donors (Lipinski definition) is 3. The number of carbonyl (C=O) groups excluding carboxylic acids is 1. The van der Waals surface area contributed by atoms with Gasteiger partial charge in [-0.2, -0.15) is 0 Å². The number of aromatic carboxylic acids is 1. The fraction of sp³-hybridized carbons (Fsp3) is 0. The van der Waals surface area contributed by atoms with Crippen LogP contribution in [0.3, 0.4) is 0 Å². The summed E-state index contributed by atoms with van der Waals surface area (Å²) in [6.07, 6.45) is 0. The molecule has 4 N–H and O–H groups in total. The van der Waals surface area contributed by atoms with Gasteiger partial charge in [0.1, 0.15) is 5.00 Å². The molecule has 0 aliphatic carbocycles. The summed E-state index contributed by atoms with van der Waals surface area (Å²) in [4.78, 5) is 25.5. The summed E-state index contributed by atoms with van der Waals surface area (Å²) in [5, 5.41) is 10.4. The predicted molar refractivity (Wildman–Crippen MR) is 72.7 cm³/mol. The second-order valence-corrected chi connectivity index (χ2v) is 7.08. The summed E-state index contributed by atoms with van der Waals surface area (Å²) in [7, 11) is -4.14. The van der Waals surface area contributed by atoms with Crippen molar-refractivity contribution in [1.82, 2.24) is 4.98 Å². The van der Waals surface area contributed by atoms with Crippen molar-refractivity contribution < 1.29 is 23.1 Å². The Morgan fingerprint density at radius 3 is 2.65 bits per heavy atom. The first kappa shape index (κ1) is 14.4. The van der Waals surface area contributed by atoms with Crippen LogP contribution in [-0.4, -0.2) is 30.4 Å². The largest absolute Gasteiger partial charge is 0.476 e. The molecule has 0 saturated heterocycles. The SMILES string of the molecule is NC(=O)c1ccsc1NS(=O)(=O)c1scnc1C(=O)O. The number of carbonyl (C=O) groups is 2. The van der Waals surface area contributed by atoms with Gasteiger partial charge < -0.3 is 10.8 Å². The van der Waals surface area contributed by atoms with Crippen LogP contribution >= 0.6 is 22.7 Å². The van der Waals surface area contributed by atoms with Crippen LogP contribution in [0.1, 0.15) is 20.8 Å². The van der Waals surface area contributed by atoms with Crippen LogP contribution in [0.15, 0.2) is 21.2 Å². The number of nitrogens with one attached hydrogen (secondary N) is 1. The molecule has 0 fully saturated rings. The first-order valence-corrected chi connectivity index (χ1v) is 8.14. The second kappa shape index (κ2) is 5.19. The van der Waals surface area contributed by atoms with Gasteiger partial charge in [-0.25, -0.2) is 18.2 Å². The van der Waals surface area contributed by atoms with E-state index in [1.54, 1.807) is 0 Å². The Bertz CT molecular complexity index is 776. The maximum Gasteiger partial charge on any atom is 0.356 e. The van der Waals surface area contributed by atoms with Gasteiger partial charge in [-0.15, -0.1) is 22.7 Å². The van der Waals surface area contributed by atoms with E-state index in [1.165, 1.54) is 11.4 Å². The van der Waals surface area contributed by atoms with Gasteiger partial charge in [0, 0.05) is 0 Å². The van der Waals surface area contributed by atoms with Gasteiger partial charge in [0.15, 0.2) is 9.90 Å². The first-order chi connectivity index (χ1) is 9.33. The Morgan fingerprint density at radius 1 is 1.35 bits per heavy atom. The molecule has 11 heteroatoms. The Morgan fingerprint density at radius 2 is 2.05 bits per heavy atom. The third-order valence-corrected chi connectivity index (χ3v) is 5.82. The van der Waals surface area contributed by atoms with Crippen molar-refractivity contribution in [2.75, 3.05) is 4.72 Å². The van der Waals surface area contributed by atoms with E-state index in [4.69, 9.17) is 10.8 Å². The number of anilines is 1. The Balaban J connectivity index is 2.41. The second-order valence-electron chi connectivity index (χ2n) is 3.43. The summed E-state index contributed by atoms with van der Waals surface area (Å²) in [6, 6.07) is 1.37. The smallest absolute Gasteiger partial charge is 0.356 e. The van der Waals surface area contributed by atoms with Crippen LogP contribution in [0, 0.1) is 0 Å². The summed E-state index contributed by atoms with van der Waals surface area (Å²) >= 11 is 1.63. The van der Waals surface area contributed by atoms with E-state index in [9.17, 15) is 18.0 Å². The number of sulfonamides is 1. The molecule has 0 bridgehead atoms. The highest BCUT2D eigenvalue weighted by Gasteiger charge is 2.27. The van der Waals surface area contributed by atoms with Crippen molar-refractivity contribution in [2.45, 2.75) is 4.21 Å². The lowest BCUT2D eigenvalue weighted by atomic mass is 10.3. The van der Waals surface area contributed by atoms with E-state index in [2.05, 4.69) is 9.71 Å². The van der Waals surface area contributed by atoms with Gasteiger partial charge in [-0.1, -0.05) is 0 Å². The number of rotatable bonds is 5. The minimum absolute atomic E-state index is 0.0139. The number of hydrogen-bond acceptors (Lipinski definition) is 7. The molecule has 0 unspecified atom stereocenters. The van der Waals surface area contributed by atoms with Crippen LogP contribution in [0.4, 0.5) is 5.00 Å². The molecule has 1 amide bonds. The first-order valence-electron chi connectivity index (χ1n) is 4.90. The van der Waals surface area contributed by atoms with Crippen LogP contribution < -0.4 is 10.5 Å². The number of nitrogens with two attached hydrogens (primary N) is 1. The van der Waals surface area contributed by atoms with Gasteiger partial charge in [-0.05, 0) is 11.4 Å². The molecule has 2 heterocycles. The fourth-order valence-electron chi connectivity index (χ4n) is 1.32. The highest BCUT2D eigenvalue weighted by Crippen LogP contribution is 2.28. The number of thiophene rings is 1. The number of primary amides is 1. The van der Waals surface area contributed by atoms with E-state index < -0.39 is 31.8 Å². The maximum atomic E-state index is 12.1.